The molecule has 2 aromatic rings. The van der Waals surface area contributed by atoms with E-state index in [1.807, 2.05) is 16.8 Å². The second-order valence-corrected chi connectivity index (χ2v) is 6.04. The van der Waals surface area contributed by atoms with Gasteiger partial charge in [-0.1, -0.05) is 25.1 Å². The van der Waals surface area contributed by atoms with Crippen LogP contribution in [0.15, 0.2) is 28.9 Å². The van der Waals surface area contributed by atoms with Crippen LogP contribution in [0.5, 0.6) is 0 Å². The van der Waals surface area contributed by atoms with Gasteiger partial charge in [0.25, 0.3) is 0 Å². The van der Waals surface area contributed by atoms with Crippen molar-refractivity contribution in [1.29, 1.82) is 0 Å². The largest absolute Gasteiger partial charge is 0.295 e. The quantitative estimate of drug-likeness (QED) is 0.833. The Morgan fingerprint density at radius 2 is 2.11 bits per heavy atom. The molecule has 5 heteroatoms. The molecular formula is C13H14BrN3S. The summed E-state index contributed by atoms with van der Waals surface area (Å²) in [7, 11) is 0. The fourth-order valence-electron chi connectivity index (χ4n) is 2.53. The lowest BCUT2D eigenvalue weighted by Crippen LogP contribution is -2.01. The number of aromatic amines is 1. The molecule has 1 fully saturated rings. The number of hydrogen-bond donors (Lipinski definition) is 1. The maximum atomic E-state index is 5.40. The van der Waals surface area contributed by atoms with Crippen molar-refractivity contribution in [2.45, 2.75) is 31.6 Å². The van der Waals surface area contributed by atoms with Crippen LogP contribution in [0.2, 0.25) is 0 Å². The number of hydrogen-bond acceptors (Lipinski definition) is 2. The first kappa shape index (κ1) is 12.1. The van der Waals surface area contributed by atoms with Crippen molar-refractivity contribution in [2.24, 2.45) is 0 Å². The molecule has 0 saturated heterocycles. The first-order chi connectivity index (χ1) is 8.74. The Balaban J connectivity index is 1.97. The normalized spacial score (nSPS) is 16.3. The SMILES string of the molecule is S=c1cc(C2CCCC2)[nH]n1-c1ccc(Br)cn1. The molecule has 0 aliphatic heterocycles. The van der Waals surface area contributed by atoms with Crippen LogP contribution in [-0.2, 0) is 0 Å². The Kier molecular flexibility index (Phi) is 3.35. The van der Waals surface area contributed by atoms with E-state index in [0.29, 0.717) is 5.92 Å². The third kappa shape index (κ3) is 2.29. The van der Waals surface area contributed by atoms with Gasteiger partial charge in [-0.2, -0.15) is 0 Å². The van der Waals surface area contributed by atoms with E-state index in [0.717, 1.165) is 14.9 Å². The van der Waals surface area contributed by atoms with Gasteiger partial charge in [0.2, 0.25) is 0 Å². The van der Waals surface area contributed by atoms with E-state index in [-0.39, 0.29) is 0 Å². The Labute approximate surface area is 119 Å². The van der Waals surface area contributed by atoms with Crippen LogP contribution in [0.3, 0.4) is 0 Å². The van der Waals surface area contributed by atoms with Gasteiger partial charge in [-0.15, -0.1) is 0 Å². The molecule has 18 heavy (non-hydrogen) atoms. The van der Waals surface area contributed by atoms with Gasteiger partial charge in [-0.25, -0.2) is 9.67 Å². The summed E-state index contributed by atoms with van der Waals surface area (Å²) in [6.45, 7) is 0. The van der Waals surface area contributed by atoms with E-state index in [9.17, 15) is 0 Å². The molecule has 0 amide bonds. The number of halogens is 1. The summed E-state index contributed by atoms with van der Waals surface area (Å²) in [4.78, 5) is 4.37. The molecule has 1 aliphatic rings. The smallest absolute Gasteiger partial charge is 0.152 e. The van der Waals surface area contributed by atoms with Crippen LogP contribution >= 0.6 is 28.1 Å². The standard InChI is InChI=1S/C13H14BrN3S/c14-10-5-6-12(15-8-10)17-13(18)7-11(16-17)9-3-1-2-4-9/h5-9,16H,1-4H2. The topological polar surface area (TPSA) is 33.6 Å². The van der Waals surface area contributed by atoms with Gasteiger partial charge in [-0.3, -0.25) is 5.10 Å². The third-order valence-electron chi connectivity index (χ3n) is 3.48. The summed E-state index contributed by atoms with van der Waals surface area (Å²) >= 11 is 8.79. The fourth-order valence-corrected chi connectivity index (χ4v) is 3.03. The highest BCUT2D eigenvalue weighted by molar-refractivity contribution is 9.10. The minimum Gasteiger partial charge on any atom is -0.295 e. The Morgan fingerprint density at radius 1 is 1.33 bits per heavy atom. The van der Waals surface area contributed by atoms with E-state index in [2.05, 4.69) is 32.1 Å². The van der Waals surface area contributed by atoms with Crippen LogP contribution in [0.4, 0.5) is 0 Å². The Bertz CT molecular complexity index is 593. The molecule has 1 aliphatic carbocycles. The second kappa shape index (κ2) is 4.97. The van der Waals surface area contributed by atoms with Gasteiger partial charge >= 0.3 is 0 Å². The van der Waals surface area contributed by atoms with E-state index in [4.69, 9.17) is 12.2 Å². The number of aromatic nitrogens is 3. The average Bonchev–Trinajstić information content (AvgIpc) is 2.99. The van der Waals surface area contributed by atoms with Crippen molar-refractivity contribution >= 4 is 28.1 Å². The van der Waals surface area contributed by atoms with Crippen molar-refractivity contribution < 1.29 is 0 Å². The molecule has 0 unspecified atom stereocenters. The van der Waals surface area contributed by atoms with Gasteiger partial charge in [0.05, 0.1) is 0 Å². The number of H-pyrrole nitrogens is 1. The Hall–Kier alpha value is -0.940. The lowest BCUT2D eigenvalue weighted by molar-refractivity contribution is 0.675. The zero-order valence-corrected chi connectivity index (χ0v) is 12.3. The van der Waals surface area contributed by atoms with Gasteiger partial charge in [0.15, 0.2) is 5.82 Å². The van der Waals surface area contributed by atoms with Crippen molar-refractivity contribution in [2.75, 3.05) is 0 Å². The molecular weight excluding hydrogens is 310 g/mol. The molecule has 0 bridgehead atoms. The van der Waals surface area contributed by atoms with Gasteiger partial charge in [0.1, 0.15) is 4.64 Å². The van der Waals surface area contributed by atoms with E-state index < -0.39 is 0 Å². The van der Waals surface area contributed by atoms with Gasteiger partial charge in [0, 0.05) is 22.3 Å². The fraction of sp³-hybridized carbons (Fsp3) is 0.385. The third-order valence-corrected chi connectivity index (χ3v) is 4.25. The first-order valence-electron chi connectivity index (χ1n) is 6.18. The van der Waals surface area contributed by atoms with Crippen molar-refractivity contribution in [3.8, 4) is 5.82 Å². The summed E-state index contributed by atoms with van der Waals surface area (Å²) in [5.41, 5.74) is 1.25. The lowest BCUT2D eigenvalue weighted by Gasteiger charge is -2.06. The maximum Gasteiger partial charge on any atom is 0.152 e. The highest BCUT2D eigenvalue weighted by Crippen LogP contribution is 2.33. The van der Waals surface area contributed by atoms with Crippen LogP contribution in [-0.4, -0.2) is 14.8 Å². The van der Waals surface area contributed by atoms with Crippen LogP contribution in [0.25, 0.3) is 5.82 Å². The summed E-state index contributed by atoms with van der Waals surface area (Å²) in [6.07, 6.45) is 6.97. The number of rotatable bonds is 2. The first-order valence-corrected chi connectivity index (χ1v) is 7.38. The van der Waals surface area contributed by atoms with E-state index >= 15 is 0 Å². The highest BCUT2D eigenvalue weighted by atomic mass is 79.9. The zero-order chi connectivity index (χ0) is 12.5. The summed E-state index contributed by atoms with van der Waals surface area (Å²) in [5, 5.41) is 3.39. The van der Waals surface area contributed by atoms with Crippen molar-refractivity contribution in [3.05, 3.63) is 39.2 Å². The highest BCUT2D eigenvalue weighted by Gasteiger charge is 2.19. The van der Waals surface area contributed by atoms with Crippen LogP contribution in [0, 0.1) is 4.64 Å². The number of pyridine rings is 1. The lowest BCUT2D eigenvalue weighted by atomic mass is 10.1. The molecule has 0 radical (unpaired) electrons. The number of nitrogens with zero attached hydrogens (tertiary/aromatic N) is 2. The molecule has 3 nitrogen and oxygen atoms in total. The van der Waals surface area contributed by atoms with Crippen LogP contribution in [0.1, 0.15) is 37.3 Å². The monoisotopic (exact) mass is 323 g/mol. The maximum absolute atomic E-state index is 5.40. The van der Waals surface area contributed by atoms with Crippen molar-refractivity contribution in [1.82, 2.24) is 14.8 Å². The molecule has 2 heterocycles. The minimum atomic E-state index is 0.642. The molecule has 3 rings (SSSR count). The molecule has 0 spiro atoms. The van der Waals surface area contributed by atoms with Crippen LogP contribution < -0.4 is 0 Å². The molecule has 1 N–H and O–H groups in total. The minimum absolute atomic E-state index is 0.642. The zero-order valence-electron chi connectivity index (χ0n) is 9.90. The van der Waals surface area contributed by atoms with E-state index in [1.54, 1.807) is 6.20 Å². The van der Waals surface area contributed by atoms with E-state index in [1.165, 1.54) is 31.4 Å². The molecule has 94 valence electrons. The van der Waals surface area contributed by atoms with Gasteiger partial charge < -0.3 is 0 Å². The summed E-state index contributed by atoms with van der Waals surface area (Å²) in [6, 6.07) is 6.00. The Morgan fingerprint density at radius 3 is 2.78 bits per heavy atom. The van der Waals surface area contributed by atoms with Crippen molar-refractivity contribution in [3.63, 3.8) is 0 Å². The second-order valence-electron chi connectivity index (χ2n) is 4.70. The molecule has 0 atom stereocenters. The van der Waals surface area contributed by atoms with Gasteiger partial charge in [-0.05, 0) is 47.0 Å². The predicted octanol–water partition coefficient (Wildman–Crippen LogP) is 4.35. The summed E-state index contributed by atoms with van der Waals surface area (Å²) < 4.78 is 3.65. The average molecular weight is 324 g/mol. The molecule has 1 saturated carbocycles. The molecule has 2 aromatic heterocycles. The predicted molar refractivity (Wildman–Crippen MR) is 77.7 cm³/mol. The summed E-state index contributed by atoms with van der Waals surface area (Å²) in [5.74, 6) is 1.48. The molecule has 0 aromatic carbocycles. The number of nitrogens with one attached hydrogen (secondary N) is 1.